The molecule has 29 heavy (non-hydrogen) atoms. The summed E-state index contributed by atoms with van der Waals surface area (Å²) in [6.45, 7) is 5.34. The molecule has 2 rings (SSSR count). The summed E-state index contributed by atoms with van der Waals surface area (Å²) >= 11 is 0. The molecule has 0 saturated carbocycles. The van der Waals surface area contributed by atoms with Gasteiger partial charge < -0.3 is 20.7 Å². The highest BCUT2D eigenvalue weighted by Crippen LogP contribution is 2.22. The van der Waals surface area contributed by atoms with Gasteiger partial charge in [-0.3, -0.25) is 9.59 Å². The number of carbonyl (C=O) groups is 3. The lowest BCUT2D eigenvalue weighted by atomic mass is 10.2. The molecule has 0 heterocycles. The molecule has 3 N–H and O–H groups in total. The maximum Gasteiger partial charge on any atom is 0.407 e. The van der Waals surface area contributed by atoms with Crippen molar-refractivity contribution in [3.8, 4) is 0 Å². The highest BCUT2D eigenvalue weighted by molar-refractivity contribution is 6.07. The molecule has 0 unspecified atom stereocenters. The van der Waals surface area contributed by atoms with Gasteiger partial charge in [-0.25, -0.2) is 9.18 Å². The minimum Gasteiger partial charge on any atom is -0.444 e. The van der Waals surface area contributed by atoms with E-state index in [2.05, 4.69) is 16.0 Å². The van der Waals surface area contributed by atoms with Gasteiger partial charge in [0.2, 0.25) is 5.91 Å². The van der Waals surface area contributed by atoms with E-state index in [1.165, 1.54) is 24.3 Å². The molecule has 8 heteroatoms. The second-order valence-corrected chi connectivity index (χ2v) is 7.23. The monoisotopic (exact) mass is 401 g/mol. The molecule has 154 valence electrons. The van der Waals surface area contributed by atoms with Crippen molar-refractivity contribution in [2.45, 2.75) is 32.8 Å². The first-order valence-corrected chi connectivity index (χ1v) is 9.07. The first-order chi connectivity index (χ1) is 13.6. The number of amides is 3. The minimum absolute atomic E-state index is 0.0273. The topological polar surface area (TPSA) is 96.5 Å². The quantitative estimate of drug-likeness (QED) is 0.683. The molecule has 0 aliphatic rings. The summed E-state index contributed by atoms with van der Waals surface area (Å²) in [5, 5.41) is 7.88. The van der Waals surface area contributed by atoms with Crippen LogP contribution in [0, 0.1) is 5.82 Å². The van der Waals surface area contributed by atoms with E-state index in [-0.39, 0.29) is 24.4 Å². The number of hydrogen-bond acceptors (Lipinski definition) is 4. The van der Waals surface area contributed by atoms with Crippen LogP contribution in [-0.4, -0.2) is 30.1 Å². The molecule has 2 aromatic carbocycles. The van der Waals surface area contributed by atoms with Crippen LogP contribution in [0.4, 0.5) is 20.6 Å². The van der Waals surface area contributed by atoms with Gasteiger partial charge in [0.1, 0.15) is 11.4 Å². The third kappa shape index (κ3) is 7.61. The molecular weight excluding hydrogens is 377 g/mol. The van der Waals surface area contributed by atoms with Crippen molar-refractivity contribution in [2.24, 2.45) is 0 Å². The molecule has 0 atom stereocenters. The van der Waals surface area contributed by atoms with Gasteiger partial charge in [-0.15, -0.1) is 0 Å². The fraction of sp³-hybridized carbons (Fsp3) is 0.286. The highest BCUT2D eigenvalue weighted by atomic mass is 19.1. The Morgan fingerprint density at radius 2 is 1.52 bits per heavy atom. The Morgan fingerprint density at radius 3 is 2.10 bits per heavy atom. The lowest BCUT2D eigenvalue weighted by molar-refractivity contribution is -0.116. The Kier molecular flexibility index (Phi) is 7.30. The third-order valence-corrected chi connectivity index (χ3v) is 3.58. The fourth-order valence-electron chi connectivity index (χ4n) is 2.30. The van der Waals surface area contributed by atoms with Gasteiger partial charge in [0.25, 0.3) is 5.91 Å². The lowest BCUT2D eigenvalue weighted by Gasteiger charge is -2.19. The summed E-state index contributed by atoms with van der Waals surface area (Å²) in [5.74, 6) is -1.21. The van der Waals surface area contributed by atoms with E-state index < -0.39 is 23.4 Å². The maximum absolute atomic E-state index is 13.0. The second kappa shape index (κ2) is 9.68. The zero-order valence-corrected chi connectivity index (χ0v) is 16.5. The average Bonchev–Trinajstić information content (AvgIpc) is 2.62. The van der Waals surface area contributed by atoms with Crippen molar-refractivity contribution in [1.29, 1.82) is 0 Å². The molecule has 0 aliphatic heterocycles. The fourth-order valence-corrected chi connectivity index (χ4v) is 2.30. The van der Waals surface area contributed by atoms with Crippen LogP contribution in [0.25, 0.3) is 0 Å². The second-order valence-electron chi connectivity index (χ2n) is 7.23. The van der Waals surface area contributed by atoms with Crippen LogP contribution in [0.2, 0.25) is 0 Å². The van der Waals surface area contributed by atoms with E-state index >= 15 is 0 Å². The molecule has 0 aliphatic carbocycles. The Morgan fingerprint density at radius 1 is 0.931 bits per heavy atom. The normalized spacial score (nSPS) is 10.8. The van der Waals surface area contributed by atoms with E-state index in [1.807, 2.05) is 0 Å². The van der Waals surface area contributed by atoms with E-state index in [1.54, 1.807) is 45.0 Å². The molecule has 0 saturated heterocycles. The lowest BCUT2D eigenvalue weighted by Crippen LogP contribution is -2.34. The molecule has 0 aromatic heterocycles. The number of nitrogens with one attached hydrogen (secondary N) is 3. The molecule has 0 spiro atoms. The van der Waals surface area contributed by atoms with Crippen molar-refractivity contribution < 1.29 is 23.5 Å². The van der Waals surface area contributed by atoms with Crippen molar-refractivity contribution in [2.75, 3.05) is 17.2 Å². The number of benzene rings is 2. The molecule has 2 aromatic rings. The SMILES string of the molecule is CC(C)(C)OC(=O)NCCC(=O)Nc1ccccc1NC(=O)c1ccc(F)cc1. The first-order valence-electron chi connectivity index (χ1n) is 9.07. The summed E-state index contributed by atoms with van der Waals surface area (Å²) in [6.07, 6.45) is -0.572. The van der Waals surface area contributed by atoms with Crippen LogP contribution in [0.3, 0.4) is 0 Å². The first kappa shape index (κ1) is 21.9. The molecule has 0 fully saturated rings. The Bertz CT molecular complexity index is 876. The number of ether oxygens (including phenoxy) is 1. The van der Waals surface area contributed by atoms with Crippen LogP contribution < -0.4 is 16.0 Å². The van der Waals surface area contributed by atoms with Gasteiger partial charge in [-0.1, -0.05) is 12.1 Å². The number of halogens is 1. The number of hydrogen-bond donors (Lipinski definition) is 3. The van der Waals surface area contributed by atoms with Gasteiger partial charge >= 0.3 is 6.09 Å². The molecule has 3 amide bonds. The van der Waals surface area contributed by atoms with Gasteiger partial charge in [0.05, 0.1) is 11.4 Å². The zero-order chi connectivity index (χ0) is 21.4. The zero-order valence-electron chi connectivity index (χ0n) is 16.5. The van der Waals surface area contributed by atoms with E-state index in [4.69, 9.17) is 4.74 Å². The third-order valence-electron chi connectivity index (χ3n) is 3.58. The number of alkyl carbamates (subject to hydrolysis) is 1. The number of para-hydroxylation sites is 2. The predicted octanol–water partition coefficient (Wildman–Crippen LogP) is 3.93. The molecule has 7 nitrogen and oxygen atoms in total. The van der Waals surface area contributed by atoms with E-state index in [0.717, 1.165) is 0 Å². The van der Waals surface area contributed by atoms with Crippen LogP contribution in [0.1, 0.15) is 37.6 Å². The molecule has 0 radical (unpaired) electrons. The summed E-state index contributed by atoms with van der Waals surface area (Å²) < 4.78 is 18.1. The van der Waals surface area contributed by atoms with Crippen LogP contribution >= 0.6 is 0 Å². The largest absolute Gasteiger partial charge is 0.444 e. The van der Waals surface area contributed by atoms with Crippen LogP contribution in [0.5, 0.6) is 0 Å². The smallest absolute Gasteiger partial charge is 0.407 e. The van der Waals surface area contributed by atoms with Gasteiger partial charge in [-0.2, -0.15) is 0 Å². The molecule has 0 bridgehead atoms. The summed E-state index contributed by atoms with van der Waals surface area (Å²) in [7, 11) is 0. The van der Waals surface area contributed by atoms with E-state index in [0.29, 0.717) is 11.4 Å². The average molecular weight is 401 g/mol. The Balaban J connectivity index is 1.91. The van der Waals surface area contributed by atoms with E-state index in [9.17, 15) is 18.8 Å². The van der Waals surface area contributed by atoms with Gasteiger partial charge in [-0.05, 0) is 57.2 Å². The summed E-state index contributed by atoms with van der Waals surface area (Å²) in [6, 6.07) is 11.8. The minimum atomic E-state index is -0.617. The number of rotatable bonds is 6. The van der Waals surface area contributed by atoms with Gasteiger partial charge in [0, 0.05) is 18.5 Å². The standard InChI is InChI=1S/C21H24FN3O4/c1-21(2,3)29-20(28)23-13-12-18(26)24-16-6-4-5-7-17(16)25-19(27)14-8-10-15(22)11-9-14/h4-11H,12-13H2,1-3H3,(H,23,28)(H,24,26)(H,25,27). The van der Waals surface area contributed by atoms with Crippen molar-refractivity contribution in [3.05, 3.63) is 59.9 Å². The summed E-state index contributed by atoms with van der Waals surface area (Å²) in [4.78, 5) is 36.1. The maximum atomic E-state index is 13.0. The Hall–Kier alpha value is -3.42. The summed E-state index contributed by atoms with van der Waals surface area (Å²) in [5.41, 5.74) is 0.475. The van der Waals surface area contributed by atoms with Gasteiger partial charge in [0.15, 0.2) is 0 Å². The highest BCUT2D eigenvalue weighted by Gasteiger charge is 2.16. The number of carbonyl (C=O) groups excluding carboxylic acids is 3. The van der Waals surface area contributed by atoms with Crippen LogP contribution in [0.15, 0.2) is 48.5 Å². The molecular formula is C21H24FN3O4. The van der Waals surface area contributed by atoms with Crippen molar-refractivity contribution in [3.63, 3.8) is 0 Å². The van der Waals surface area contributed by atoms with Crippen LogP contribution in [-0.2, 0) is 9.53 Å². The van der Waals surface area contributed by atoms with Crippen molar-refractivity contribution in [1.82, 2.24) is 5.32 Å². The predicted molar refractivity (Wildman–Crippen MR) is 108 cm³/mol. The van der Waals surface area contributed by atoms with Crippen molar-refractivity contribution >= 4 is 29.3 Å². The number of anilines is 2. The Labute approximate surface area is 168 Å².